The average Bonchev–Trinajstić information content (AvgIpc) is 2.10. The van der Waals surface area contributed by atoms with Crippen molar-refractivity contribution in [3.05, 3.63) is 11.8 Å². The average molecular weight is 206 g/mol. The van der Waals surface area contributed by atoms with Crippen LogP contribution in [-0.4, -0.2) is 18.1 Å². The molecule has 0 radical (unpaired) electrons. The van der Waals surface area contributed by atoms with E-state index in [-0.39, 0.29) is 0 Å². The van der Waals surface area contributed by atoms with Crippen molar-refractivity contribution in [3.8, 4) is 0 Å². The van der Waals surface area contributed by atoms with Crippen LogP contribution in [0.5, 0.6) is 0 Å². The van der Waals surface area contributed by atoms with E-state index in [4.69, 9.17) is 5.41 Å². The first-order valence-corrected chi connectivity index (χ1v) is 4.23. The summed E-state index contributed by atoms with van der Waals surface area (Å²) < 4.78 is 35.9. The molecule has 0 bridgehead atoms. The van der Waals surface area contributed by atoms with Crippen molar-refractivity contribution in [1.29, 1.82) is 5.41 Å². The second kappa shape index (κ2) is 5.57. The quantitative estimate of drug-likeness (QED) is 0.685. The van der Waals surface area contributed by atoms with Gasteiger partial charge >= 0.3 is 6.18 Å². The fourth-order valence-electron chi connectivity index (χ4n) is 0.716. The molecule has 1 N–H and O–H groups in total. The topological polar surface area (TPSA) is 36.2 Å². The summed E-state index contributed by atoms with van der Waals surface area (Å²) in [7, 11) is 0. The smallest absolute Gasteiger partial charge is 0.308 e. The molecule has 0 aromatic heterocycles. The second-order valence-electron chi connectivity index (χ2n) is 2.81. The van der Waals surface area contributed by atoms with Gasteiger partial charge in [0, 0.05) is 12.4 Å². The zero-order valence-corrected chi connectivity index (χ0v) is 8.15. The summed E-state index contributed by atoms with van der Waals surface area (Å²) in [5.41, 5.74) is -0.399. The highest BCUT2D eigenvalue weighted by Crippen LogP contribution is 2.17. The number of nitrogens with one attached hydrogen (secondary N) is 1. The van der Waals surface area contributed by atoms with Gasteiger partial charge in [0.05, 0.1) is 0 Å². The van der Waals surface area contributed by atoms with E-state index in [2.05, 4.69) is 4.99 Å². The van der Waals surface area contributed by atoms with E-state index in [1.807, 2.05) is 6.92 Å². The van der Waals surface area contributed by atoms with Crippen LogP contribution >= 0.6 is 0 Å². The minimum absolute atomic E-state index is 0.496. The maximum Gasteiger partial charge on any atom is 0.429 e. The highest BCUT2D eigenvalue weighted by Gasteiger charge is 2.31. The van der Waals surface area contributed by atoms with Crippen molar-refractivity contribution in [2.75, 3.05) is 0 Å². The number of aliphatic imine (C=N–C) groups is 1. The van der Waals surface area contributed by atoms with Gasteiger partial charge in [0.25, 0.3) is 0 Å². The van der Waals surface area contributed by atoms with Crippen molar-refractivity contribution in [2.24, 2.45) is 4.99 Å². The first kappa shape index (κ1) is 12.9. The van der Waals surface area contributed by atoms with E-state index < -0.39 is 11.9 Å². The van der Waals surface area contributed by atoms with Gasteiger partial charge in [0.2, 0.25) is 0 Å². The number of rotatable bonds is 4. The predicted octanol–water partition coefficient (Wildman–Crippen LogP) is 3.34. The molecule has 2 nitrogen and oxygen atoms in total. The molecule has 0 unspecified atom stereocenters. The molecule has 0 aliphatic rings. The number of hydrogen-bond acceptors (Lipinski definition) is 2. The fraction of sp³-hybridized carbons (Fsp3) is 0.556. The van der Waals surface area contributed by atoms with Crippen molar-refractivity contribution in [2.45, 2.75) is 32.9 Å². The lowest BCUT2D eigenvalue weighted by molar-refractivity contribution is -0.0591. The Morgan fingerprint density at radius 1 is 1.43 bits per heavy atom. The van der Waals surface area contributed by atoms with Gasteiger partial charge in [-0.05, 0) is 18.9 Å². The molecule has 0 atom stereocenters. The highest BCUT2D eigenvalue weighted by molar-refractivity contribution is 5.88. The molecule has 0 amide bonds. The molecule has 80 valence electrons. The van der Waals surface area contributed by atoms with E-state index in [0.29, 0.717) is 12.0 Å². The number of halogens is 3. The Balaban J connectivity index is 4.57. The minimum atomic E-state index is -4.38. The number of allylic oxidation sites excluding steroid dienone is 1. The third-order valence-corrected chi connectivity index (χ3v) is 1.56. The molecular weight excluding hydrogens is 193 g/mol. The van der Waals surface area contributed by atoms with Crippen molar-refractivity contribution >= 4 is 11.9 Å². The molecule has 0 saturated carbocycles. The van der Waals surface area contributed by atoms with Crippen molar-refractivity contribution in [1.82, 2.24) is 0 Å². The summed E-state index contributed by atoms with van der Waals surface area (Å²) in [5, 5.41) is 6.92. The zero-order chi connectivity index (χ0) is 11.2. The molecule has 0 aromatic carbocycles. The molecule has 0 fully saturated rings. The Kier molecular flexibility index (Phi) is 5.12. The standard InChI is InChI=1S/C9H13F3N2/c1-3-4-8(5-13)6-14-7(2)9(10,11)12/h5-6,13H,3-4H2,1-2H3/b8-6-,13-5?,14-7?. The normalized spacial score (nSPS) is 14.4. The maximum absolute atomic E-state index is 12.0. The number of hydrogen-bond donors (Lipinski definition) is 1. The van der Waals surface area contributed by atoms with Gasteiger partial charge in [-0.15, -0.1) is 0 Å². The third kappa shape index (κ3) is 4.79. The summed E-state index contributed by atoms with van der Waals surface area (Å²) in [6, 6.07) is 0. The lowest BCUT2D eigenvalue weighted by Crippen LogP contribution is -2.18. The molecule has 14 heavy (non-hydrogen) atoms. The Labute approximate surface area is 81.0 Å². The van der Waals surface area contributed by atoms with Gasteiger partial charge in [-0.1, -0.05) is 13.3 Å². The molecule has 0 heterocycles. The largest absolute Gasteiger partial charge is 0.429 e. The summed E-state index contributed by atoms with van der Waals surface area (Å²) in [6.45, 7) is 2.79. The van der Waals surface area contributed by atoms with Crippen LogP contribution in [0, 0.1) is 5.41 Å². The molecular formula is C9H13F3N2. The van der Waals surface area contributed by atoms with Crippen LogP contribution in [-0.2, 0) is 0 Å². The zero-order valence-electron chi connectivity index (χ0n) is 8.15. The van der Waals surface area contributed by atoms with Gasteiger partial charge in [-0.25, -0.2) is 0 Å². The Morgan fingerprint density at radius 2 is 2.00 bits per heavy atom. The van der Waals surface area contributed by atoms with Crippen LogP contribution in [0.4, 0.5) is 13.2 Å². The maximum atomic E-state index is 12.0. The molecule has 0 spiro atoms. The van der Waals surface area contributed by atoms with E-state index in [0.717, 1.165) is 25.8 Å². The van der Waals surface area contributed by atoms with Gasteiger partial charge in [0.1, 0.15) is 5.71 Å². The Morgan fingerprint density at radius 3 is 2.36 bits per heavy atom. The first-order chi connectivity index (χ1) is 6.41. The van der Waals surface area contributed by atoms with Gasteiger partial charge < -0.3 is 5.41 Å². The summed E-state index contributed by atoms with van der Waals surface area (Å²) in [6.07, 6.45) is -0.911. The Hall–Kier alpha value is -1.13. The van der Waals surface area contributed by atoms with E-state index in [1.165, 1.54) is 0 Å². The second-order valence-corrected chi connectivity index (χ2v) is 2.81. The van der Waals surface area contributed by atoms with Gasteiger partial charge in [0.15, 0.2) is 0 Å². The van der Waals surface area contributed by atoms with E-state index in [1.54, 1.807) is 0 Å². The van der Waals surface area contributed by atoms with E-state index >= 15 is 0 Å². The van der Waals surface area contributed by atoms with Crippen LogP contribution in [0.1, 0.15) is 26.7 Å². The number of alkyl halides is 3. The van der Waals surface area contributed by atoms with Crippen LogP contribution in [0.3, 0.4) is 0 Å². The summed E-state index contributed by atoms with van der Waals surface area (Å²) in [5.74, 6) is 0. The minimum Gasteiger partial charge on any atom is -0.308 e. The third-order valence-electron chi connectivity index (χ3n) is 1.56. The SMILES string of the molecule is CCC/C(C=N)=C/N=C(C)C(F)(F)F. The van der Waals surface area contributed by atoms with Gasteiger partial charge in [-0.2, -0.15) is 13.2 Å². The first-order valence-electron chi connectivity index (χ1n) is 4.23. The van der Waals surface area contributed by atoms with Crippen LogP contribution in [0.2, 0.25) is 0 Å². The molecule has 0 aliphatic heterocycles. The lowest BCUT2D eigenvalue weighted by Gasteiger charge is -2.03. The predicted molar refractivity (Wildman–Crippen MR) is 50.9 cm³/mol. The van der Waals surface area contributed by atoms with Crippen molar-refractivity contribution in [3.63, 3.8) is 0 Å². The van der Waals surface area contributed by atoms with Crippen LogP contribution in [0.15, 0.2) is 16.8 Å². The van der Waals surface area contributed by atoms with Crippen molar-refractivity contribution < 1.29 is 13.2 Å². The molecule has 0 saturated heterocycles. The molecule has 0 aliphatic carbocycles. The highest BCUT2D eigenvalue weighted by atomic mass is 19.4. The van der Waals surface area contributed by atoms with E-state index in [9.17, 15) is 13.2 Å². The monoisotopic (exact) mass is 206 g/mol. The summed E-state index contributed by atoms with van der Waals surface area (Å²) in [4.78, 5) is 3.26. The molecule has 0 rings (SSSR count). The number of nitrogens with zero attached hydrogens (tertiary/aromatic N) is 1. The van der Waals surface area contributed by atoms with Crippen LogP contribution < -0.4 is 0 Å². The fourth-order valence-corrected chi connectivity index (χ4v) is 0.716. The summed E-state index contributed by atoms with van der Waals surface area (Å²) >= 11 is 0. The molecule has 5 heteroatoms. The lowest BCUT2D eigenvalue weighted by atomic mass is 10.2. The van der Waals surface area contributed by atoms with Crippen LogP contribution in [0.25, 0.3) is 0 Å². The molecule has 0 aromatic rings. The van der Waals surface area contributed by atoms with Gasteiger partial charge in [-0.3, -0.25) is 4.99 Å². The Bertz CT molecular complexity index is 251.